The lowest BCUT2D eigenvalue weighted by Crippen LogP contribution is -2.19. The van der Waals surface area contributed by atoms with Crippen molar-refractivity contribution in [3.05, 3.63) is 35.9 Å². The molecule has 16 heavy (non-hydrogen) atoms. The Morgan fingerprint density at radius 2 is 1.88 bits per heavy atom. The van der Waals surface area contributed by atoms with Crippen LogP contribution in [0.2, 0.25) is 0 Å². The van der Waals surface area contributed by atoms with Gasteiger partial charge in [0, 0.05) is 17.3 Å². The molecule has 0 unspecified atom stereocenters. The molecule has 0 spiro atoms. The van der Waals surface area contributed by atoms with E-state index in [-0.39, 0.29) is 16.9 Å². The third-order valence-corrected chi connectivity index (χ3v) is 1.95. The van der Waals surface area contributed by atoms with E-state index in [1.165, 1.54) is 12.1 Å². The largest absolute Gasteiger partial charge is 0.507 e. The average molecular weight is 221 g/mol. The Kier molecular flexibility index (Phi) is 2.57. The first kappa shape index (κ1) is 10.2. The highest BCUT2D eigenvalue weighted by molar-refractivity contribution is 6.21. The summed E-state index contributed by atoms with van der Waals surface area (Å²) >= 11 is 0. The first-order valence-corrected chi connectivity index (χ1v) is 4.35. The summed E-state index contributed by atoms with van der Waals surface area (Å²) in [5.41, 5.74) is 1.86. The molecule has 6 heteroatoms. The second kappa shape index (κ2) is 4.03. The number of rotatable bonds is 1. The molecule has 2 N–H and O–H groups in total. The second-order valence-electron chi connectivity index (χ2n) is 2.97. The fourth-order valence-electron chi connectivity index (χ4n) is 1.25. The van der Waals surface area contributed by atoms with Crippen LogP contribution in [0.4, 0.5) is 0 Å². The smallest absolute Gasteiger partial charge is 0.361 e. The van der Waals surface area contributed by atoms with Crippen LogP contribution < -0.4 is 5.64 Å². The molecule has 6 nitrogen and oxygen atoms in total. The van der Waals surface area contributed by atoms with Crippen LogP contribution in [0.5, 0.6) is 5.75 Å². The van der Waals surface area contributed by atoms with Crippen molar-refractivity contribution in [3.63, 3.8) is 0 Å². The van der Waals surface area contributed by atoms with Gasteiger partial charge in [0.2, 0.25) is 0 Å². The van der Waals surface area contributed by atoms with Crippen LogP contribution in [0.15, 0.2) is 30.3 Å². The average Bonchev–Trinajstić information content (AvgIpc) is 2.42. The van der Waals surface area contributed by atoms with Gasteiger partial charge in [0.25, 0.3) is 0 Å². The van der Waals surface area contributed by atoms with Crippen molar-refractivity contribution in [1.82, 2.24) is 5.64 Å². The Bertz CT molecular complexity index is 480. The highest BCUT2D eigenvalue weighted by Crippen LogP contribution is 2.26. The van der Waals surface area contributed by atoms with Gasteiger partial charge in [-0.15, -0.1) is 0 Å². The minimum atomic E-state index is -0.813. The van der Waals surface area contributed by atoms with Gasteiger partial charge in [0.15, 0.2) is 0 Å². The van der Waals surface area contributed by atoms with Crippen molar-refractivity contribution in [2.45, 2.75) is 0 Å². The SMILES string of the molecule is O=C1C=C(c2ccccc2O)C(=O)ONO1. The van der Waals surface area contributed by atoms with E-state index in [1.54, 1.807) is 17.8 Å². The molecule has 1 heterocycles. The first-order valence-electron chi connectivity index (χ1n) is 4.35. The van der Waals surface area contributed by atoms with Crippen molar-refractivity contribution in [2.24, 2.45) is 0 Å². The molecule has 0 aliphatic carbocycles. The zero-order valence-corrected chi connectivity index (χ0v) is 7.97. The number of para-hydroxylation sites is 1. The van der Waals surface area contributed by atoms with Gasteiger partial charge in [-0.1, -0.05) is 18.2 Å². The molecule has 1 aromatic rings. The second-order valence-corrected chi connectivity index (χ2v) is 2.97. The van der Waals surface area contributed by atoms with E-state index in [2.05, 4.69) is 9.68 Å². The van der Waals surface area contributed by atoms with E-state index >= 15 is 0 Å². The van der Waals surface area contributed by atoms with Crippen molar-refractivity contribution in [3.8, 4) is 5.75 Å². The van der Waals surface area contributed by atoms with Crippen LogP contribution in [-0.2, 0) is 19.3 Å². The summed E-state index contributed by atoms with van der Waals surface area (Å²) in [6.07, 6.45) is 0.942. The van der Waals surface area contributed by atoms with Crippen LogP contribution in [0, 0.1) is 0 Å². The van der Waals surface area contributed by atoms with Gasteiger partial charge in [-0.25, -0.2) is 9.59 Å². The summed E-state index contributed by atoms with van der Waals surface area (Å²) < 4.78 is 0. The molecule has 0 amide bonds. The molecule has 82 valence electrons. The summed E-state index contributed by atoms with van der Waals surface area (Å²) in [6, 6.07) is 6.10. The number of carbonyl (C=O) groups excluding carboxylic acids is 2. The molecule has 0 radical (unpaired) electrons. The van der Waals surface area contributed by atoms with E-state index in [1.807, 2.05) is 0 Å². The summed E-state index contributed by atoms with van der Waals surface area (Å²) in [5, 5.41) is 9.54. The molecule has 0 aromatic heterocycles. The van der Waals surface area contributed by atoms with E-state index < -0.39 is 11.9 Å². The zero-order valence-electron chi connectivity index (χ0n) is 7.97. The Morgan fingerprint density at radius 1 is 1.12 bits per heavy atom. The number of hydrogen-bond acceptors (Lipinski definition) is 6. The Balaban J connectivity index is 2.49. The Hall–Kier alpha value is -2.34. The fraction of sp³-hybridized carbons (Fsp3) is 0. The van der Waals surface area contributed by atoms with Crippen LogP contribution in [-0.4, -0.2) is 17.0 Å². The van der Waals surface area contributed by atoms with Gasteiger partial charge in [-0.2, -0.15) is 0 Å². The third kappa shape index (κ3) is 1.86. The van der Waals surface area contributed by atoms with Crippen molar-refractivity contribution >= 4 is 17.5 Å². The van der Waals surface area contributed by atoms with Gasteiger partial charge in [0.1, 0.15) is 5.75 Å². The minimum Gasteiger partial charge on any atom is -0.507 e. The Labute approximate surface area is 90.0 Å². The molecular weight excluding hydrogens is 214 g/mol. The number of aromatic hydroxyl groups is 1. The number of phenolic OH excluding ortho intramolecular Hbond substituents is 1. The summed E-state index contributed by atoms with van der Waals surface area (Å²) in [5.74, 6) is -1.73. The molecule has 1 aromatic carbocycles. The van der Waals surface area contributed by atoms with Gasteiger partial charge in [-0.05, 0) is 6.07 Å². The molecule has 0 atom stereocenters. The summed E-state index contributed by atoms with van der Waals surface area (Å²) in [6.45, 7) is 0. The van der Waals surface area contributed by atoms with Crippen LogP contribution in [0.3, 0.4) is 0 Å². The molecule has 2 rings (SSSR count). The maximum atomic E-state index is 11.4. The standard InChI is InChI=1S/C10H7NO5/c12-8-4-2-1-3-6(8)7-5-9(13)15-11-16-10(7)14/h1-5,11-12H. The molecule has 0 saturated carbocycles. The number of phenols is 1. The normalized spacial score (nSPS) is 15.9. The monoisotopic (exact) mass is 221 g/mol. The summed E-state index contributed by atoms with van der Waals surface area (Å²) in [7, 11) is 0. The molecule has 0 bridgehead atoms. The van der Waals surface area contributed by atoms with Crippen LogP contribution >= 0.6 is 0 Å². The van der Waals surface area contributed by atoms with Gasteiger partial charge >= 0.3 is 11.9 Å². The predicted molar refractivity (Wildman–Crippen MR) is 51.4 cm³/mol. The lowest BCUT2D eigenvalue weighted by molar-refractivity contribution is -0.188. The maximum Gasteiger partial charge on any atom is 0.361 e. The summed E-state index contributed by atoms with van der Waals surface area (Å²) in [4.78, 5) is 31.1. The number of hydrogen-bond donors (Lipinski definition) is 2. The highest BCUT2D eigenvalue weighted by atomic mass is 16.9. The van der Waals surface area contributed by atoms with Gasteiger partial charge in [0.05, 0.1) is 5.57 Å². The fourth-order valence-corrected chi connectivity index (χ4v) is 1.25. The van der Waals surface area contributed by atoms with E-state index in [4.69, 9.17) is 0 Å². The van der Waals surface area contributed by atoms with Crippen molar-refractivity contribution in [2.75, 3.05) is 0 Å². The molecule has 1 aliphatic heterocycles. The number of nitrogens with one attached hydrogen (secondary N) is 1. The Morgan fingerprint density at radius 3 is 2.62 bits per heavy atom. The lowest BCUT2D eigenvalue weighted by Gasteiger charge is -2.04. The lowest BCUT2D eigenvalue weighted by atomic mass is 10.0. The topological polar surface area (TPSA) is 84.9 Å². The molecule has 0 saturated heterocycles. The number of carbonyl (C=O) groups is 2. The van der Waals surface area contributed by atoms with Crippen LogP contribution in [0.25, 0.3) is 5.57 Å². The van der Waals surface area contributed by atoms with E-state index in [9.17, 15) is 14.7 Å². The predicted octanol–water partition coefficient (Wildman–Crippen LogP) is 0.295. The maximum absolute atomic E-state index is 11.4. The van der Waals surface area contributed by atoms with Crippen molar-refractivity contribution in [1.29, 1.82) is 0 Å². The first-order chi connectivity index (χ1) is 7.68. The molecule has 1 aliphatic rings. The van der Waals surface area contributed by atoms with Crippen molar-refractivity contribution < 1.29 is 24.4 Å². The number of benzene rings is 1. The molecular formula is C10H7NO5. The third-order valence-electron chi connectivity index (χ3n) is 1.95. The van der Waals surface area contributed by atoms with Gasteiger partial charge < -0.3 is 14.8 Å². The zero-order chi connectivity index (χ0) is 11.5. The van der Waals surface area contributed by atoms with Gasteiger partial charge in [-0.3, -0.25) is 0 Å². The highest BCUT2D eigenvalue weighted by Gasteiger charge is 2.22. The van der Waals surface area contributed by atoms with E-state index in [0.29, 0.717) is 0 Å². The van der Waals surface area contributed by atoms with Crippen LogP contribution in [0.1, 0.15) is 5.56 Å². The minimum absolute atomic E-state index is 0.0758. The molecule has 0 fully saturated rings. The quantitative estimate of drug-likeness (QED) is 0.709. The van der Waals surface area contributed by atoms with E-state index in [0.717, 1.165) is 6.08 Å².